The number of halogens is 1. The Morgan fingerprint density at radius 2 is 2.13 bits per heavy atom. The number of hydrogen-bond donors (Lipinski definition) is 1. The number of nitriles is 2. The summed E-state index contributed by atoms with van der Waals surface area (Å²) in [5.41, 5.74) is 2.05. The maximum atomic E-state index is 12.8. The molecule has 0 atom stereocenters. The van der Waals surface area contributed by atoms with Crippen LogP contribution in [0.15, 0.2) is 34.8 Å². The number of ether oxygens (including phenoxy) is 2. The summed E-state index contributed by atoms with van der Waals surface area (Å²) < 4.78 is 11.6. The van der Waals surface area contributed by atoms with E-state index in [0.29, 0.717) is 38.7 Å². The van der Waals surface area contributed by atoms with Crippen LogP contribution in [-0.2, 0) is 17.6 Å². The lowest BCUT2D eigenvalue weighted by molar-refractivity contribution is -0.112. The Bertz CT molecular complexity index is 1140. The van der Waals surface area contributed by atoms with E-state index in [1.54, 1.807) is 18.2 Å². The molecule has 1 N–H and O–H groups in total. The van der Waals surface area contributed by atoms with E-state index in [0.717, 1.165) is 36.1 Å². The average Bonchev–Trinajstić information content (AvgIpc) is 3.13. The number of methoxy groups -OCH3 is 1. The molecule has 31 heavy (non-hydrogen) atoms. The first kappa shape index (κ1) is 22.6. The molecule has 0 aliphatic heterocycles. The topological polar surface area (TPSA) is 95.1 Å². The van der Waals surface area contributed by atoms with Crippen LogP contribution in [0.25, 0.3) is 6.08 Å². The third-order valence-electron chi connectivity index (χ3n) is 4.78. The molecular formula is C23H20BrN3O3S. The number of nitrogens with one attached hydrogen (secondary N) is 1. The summed E-state index contributed by atoms with van der Waals surface area (Å²) in [6.07, 6.45) is 6.98. The van der Waals surface area contributed by atoms with Gasteiger partial charge in [-0.25, -0.2) is 0 Å². The third-order valence-corrected chi connectivity index (χ3v) is 6.58. The van der Waals surface area contributed by atoms with Crippen molar-refractivity contribution >= 4 is 44.3 Å². The number of rotatable bonds is 7. The molecular weight excluding hydrogens is 478 g/mol. The first-order valence-corrected chi connectivity index (χ1v) is 11.2. The highest BCUT2D eigenvalue weighted by Gasteiger charge is 2.23. The Morgan fingerprint density at radius 1 is 1.35 bits per heavy atom. The first-order valence-electron chi connectivity index (χ1n) is 9.61. The Kier molecular flexibility index (Phi) is 7.51. The second-order valence-corrected chi connectivity index (χ2v) is 8.74. The lowest BCUT2D eigenvalue weighted by Gasteiger charge is -2.12. The van der Waals surface area contributed by atoms with E-state index in [4.69, 9.17) is 9.47 Å². The molecule has 1 aromatic carbocycles. The summed E-state index contributed by atoms with van der Waals surface area (Å²) in [4.78, 5) is 13.9. The highest BCUT2D eigenvalue weighted by molar-refractivity contribution is 9.10. The number of anilines is 1. The van der Waals surface area contributed by atoms with Crippen LogP contribution in [0.1, 0.15) is 34.4 Å². The number of hydrogen-bond acceptors (Lipinski definition) is 6. The van der Waals surface area contributed by atoms with Crippen molar-refractivity contribution < 1.29 is 14.3 Å². The fourth-order valence-electron chi connectivity index (χ4n) is 3.36. The fraction of sp³-hybridized carbons (Fsp3) is 0.261. The van der Waals surface area contributed by atoms with Crippen molar-refractivity contribution in [1.82, 2.24) is 0 Å². The Hall–Kier alpha value is -3.07. The van der Waals surface area contributed by atoms with E-state index < -0.39 is 5.91 Å². The smallest absolute Gasteiger partial charge is 0.266 e. The van der Waals surface area contributed by atoms with Crippen molar-refractivity contribution in [3.8, 4) is 23.6 Å². The van der Waals surface area contributed by atoms with Gasteiger partial charge in [-0.2, -0.15) is 10.5 Å². The van der Waals surface area contributed by atoms with Crippen LogP contribution in [0, 0.1) is 22.7 Å². The molecule has 1 heterocycles. The largest absolute Gasteiger partial charge is 0.493 e. The molecule has 0 spiro atoms. The standard InChI is InChI=1S/C23H20BrN3O3S/c1-3-8-30-21-18(24)10-14(11-19(21)29-2)9-15(12-25)22(28)27-23-17(13-26)16-6-4-5-7-20(16)31-23/h3,9-11H,1,4-8H2,2H3,(H,27,28)/b15-9+. The maximum Gasteiger partial charge on any atom is 0.266 e. The van der Waals surface area contributed by atoms with Crippen LogP contribution in [0.2, 0.25) is 0 Å². The van der Waals surface area contributed by atoms with Gasteiger partial charge in [-0.15, -0.1) is 11.3 Å². The second kappa shape index (κ2) is 10.3. The van der Waals surface area contributed by atoms with E-state index in [9.17, 15) is 15.3 Å². The number of carbonyl (C=O) groups is 1. The summed E-state index contributed by atoms with van der Waals surface area (Å²) >= 11 is 4.86. The summed E-state index contributed by atoms with van der Waals surface area (Å²) in [6.45, 7) is 3.93. The summed E-state index contributed by atoms with van der Waals surface area (Å²) in [5, 5.41) is 22.4. The van der Waals surface area contributed by atoms with Gasteiger partial charge >= 0.3 is 0 Å². The van der Waals surface area contributed by atoms with E-state index in [2.05, 4.69) is 33.9 Å². The Balaban J connectivity index is 1.89. The lowest BCUT2D eigenvalue weighted by atomic mass is 9.96. The molecule has 0 fully saturated rings. The van der Waals surface area contributed by atoms with E-state index >= 15 is 0 Å². The molecule has 1 aliphatic rings. The molecule has 3 rings (SSSR count). The summed E-state index contributed by atoms with van der Waals surface area (Å²) in [7, 11) is 1.51. The van der Waals surface area contributed by atoms with Crippen LogP contribution in [-0.4, -0.2) is 19.6 Å². The van der Waals surface area contributed by atoms with Crippen molar-refractivity contribution in [3.05, 3.63) is 56.4 Å². The van der Waals surface area contributed by atoms with Gasteiger partial charge in [0.15, 0.2) is 11.5 Å². The molecule has 158 valence electrons. The van der Waals surface area contributed by atoms with Gasteiger partial charge in [-0.3, -0.25) is 4.79 Å². The quantitative estimate of drug-likeness (QED) is 0.314. The lowest BCUT2D eigenvalue weighted by Crippen LogP contribution is -2.13. The van der Waals surface area contributed by atoms with Gasteiger partial charge in [-0.1, -0.05) is 12.7 Å². The van der Waals surface area contributed by atoms with Gasteiger partial charge in [0.25, 0.3) is 5.91 Å². The predicted octanol–water partition coefficient (Wildman–Crippen LogP) is 5.38. The van der Waals surface area contributed by atoms with Gasteiger partial charge < -0.3 is 14.8 Å². The van der Waals surface area contributed by atoms with Gasteiger partial charge in [0.05, 0.1) is 17.1 Å². The van der Waals surface area contributed by atoms with Crippen molar-refractivity contribution in [2.24, 2.45) is 0 Å². The minimum absolute atomic E-state index is 0.0797. The predicted molar refractivity (Wildman–Crippen MR) is 124 cm³/mol. The number of amides is 1. The van der Waals surface area contributed by atoms with E-state index in [1.807, 2.05) is 6.07 Å². The summed E-state index contributed by atoms with van der Waals surface area (Å²) in [5.74, 6) is 0.405. The van der Waals surface area contributed by atoms with Crippen molar-refractivity contribution in [3.63, 3.8) is 0 Å². The minimum Gasteiger partial charge on any atom is -0.493 e. The Labute approximate surface area is 193 Å². The van der Waals surface area contributed by atoms with E-state index in [-0.39, 0.29) is 5.57 Å². The second-order valence-electron chi connectivity index (χ2n) is 6.78. The van der Waals surface area contributed by atoms with Gasteiger partial charge in [-0.05, 0) is 70.9 Å². The Morgan fingerprint density at radius 3 is 2.81 bits per heavy atom. The maximum absolute atomic E-state index is 12.8. The zero-order valence-corrected chi connectivity index (χ0v) is 19.4. The molecule has 6 nitrogen and oxygen atoms in total. The number of benzene rings is 1. The molecule has 1 amide bonds. The summed E-state index contributed by atoms with van der Waals surface area (Å²) in [6, 6.07) is 7.57. The SMILES string of the molecule is C=CCOc1c(Br)cc(/C=C(\C#N)C(=O)Nc2sc3c(c2C#N)CCCC3)cc1OC. The number of carbonyl (C=O) groups excluding carboxylic acids is 1. The first-order chi connectivity index (χ1) is 15.0. The van der Waals surface area contributed by atoms with Crippen LogP contribution in [0.4, 0.5) is 5.00 Å². The van der Waals surface area contributed by atoms with Crippen LogP contribution < -0.4 is 14.8 Å². The molecule has 0 bridgehead atoms. The van der Waals surface area contributed by atoms with Gasteiger partial charge in [0.1, 0.15) is 29.3 Å². The number of aryl methyl sites for hydroxylation is 1. The monoisotopic (exact) mass is 497 g/mol. The van der Waals surface area contributed by atoms with Crippen molar-refractivity contribution in [1.29, 1.82) is 10.5 Å². The highest BCUT2D eigenvalue weighted by Crippen LogP contribution is 2.39. The molecule has 8 heteroatoms. The van der Waals surface area contributed by atoms with Crippen molar-refractivity contribution in [2.75, 3.05) is 19.0 Å². The highest BCUT2D eigenvalue weighted by atomic mass is 79.9. The number of nitrogens with zero attached hydrogens (tertiary/aromatic N) is 2. The van der Waals surface area contributed by atoms with Crippen LogP contribution in [0.5, 0.6) is 11.5 Å². The molecule has 0 radical (unpaired) electrons. The molecule has 1 aromatic heterocycles. The minimum atomic E-state index is -0.556. The molecule has 2 aromatic rings. The van der Waals surface area contributed by atoms with Crippen LogP contribution >= 0.6 is 27.3 Å². The number of thiophene rings is 1. The van der Waals surface area contributed by atoms with E-state index in [1.165, 1.54) is 24.5 Å². The van der Waals surface area contributed by atoms with Gasteiger partial charge in [0, 0.05) is 4.88 Å². The molecule has 0 unspecified atom stereocenters. The zero-order chi connectivity index (χ0) is 22.4. The van der Waals surface area contributed by atoms with Crippen molar-refractivity contribution in [2.45, 2.75) is 25.7 Å². The fourth-order valence-corrected chi connectivity index (χ4v) is 5.17. The molecule has 0 saturated heterocycles. The average molecular weight is 498 g/mol. The third kappa shape index (κ3) is 4.99. The number of fused-ring (bicyclic) bond motifs is 1. The molecule has 0 saturated carbocycles. The van der Waals surface area contributed by atoms with Gasteiger partial charge in [0.2, 0.25) is 0 Å². The normalized spacial score (nSPS) is 12.8. The molecule has 1 aliphatic carbocycles. The van der Waals surface area contributed by atoms with Crippen LogP contribution in [0.3, 0.4) is 0 Å². The zero-order valence-electron chi connectivity index (χ0n) is 17.0.